The van der Waals surface area contributed by atoms with E-state index < -0.39 is 42.1 Å². The molecule has 0 fully saturated rings. The van der Waals surface area contributed by atoms with Crippen molar-refractivity contribution in [3.8, 4) is 23.0 Å². The SMILES string of the molecule is CC(C)(c1ccc(OCCO)cc1)c1ccc(OCCO)cc1.CC(O)COc1ccc(C(C)(C)c2ccc(OCC(C)O)cc2)cc1.O=C(O)c1ccc(C(=O)O)cc1.O=C(O)c1ccc2c(c1)C(=O)OC2=O. The van der Waals surface area contributed by atoms with E-state index in [0.717, 1.165) is 29.1 Å². The van der Waals surface area contributed by atoms with Crippen LogP contribution in [0.25, 0.3) is 0 Å². The summed E-state index contributed by atoms with van der Waals surface area (Å²) in [6.45, 7) is 13.3. The first-order valence-corrected chi connectivity index (χ1v) is 23.3. The Kier molecular flexibility index (Phi) is 21.9. The van der Waals surface area contributed by atoms with E-state index >= 15 is 0 Å². The highest BCUT2D eigenvalue weighted by atomic mass is 16.6. The molecule has 0 bridgehead atoms. The van der Waals surface area contributed by atoms with Gasteiger partial charge in [-0.1, -0.05) is 76.2 Å². The zero-order valence-electron chi connectivity index (χ0n) is 41.9. The van der Waals surface area contributed by atoms with Crippen molar-refractivity contribution >= 4 is 29.8 Å². The third kappa shape index (κ3) is 17.3. The number of ether oxygens (including phenoxy) is 5. The second-order valence-corrected chi connectivity index (χ2v) is 17.7. The van der Waals surface area contributed by atoms with Crippen LogP contribution in [0.4, 0.5) is 0 Å². The summed E-state index contributed by atoms with van der Waals surface area (Å²) in [6.07, 6.45) is -0.962. The molecular weight excluding hydrogens is 957 g/mol. The number of carboxylic acid groups (broad SMARTS) is 3. The minimum absolute atomic E-state index is 0.00917. The topological polar surface area (TPSA) is 273 Å². The van der Waals surface area contributed by atoms with E-state index in [2.05, 4.69) is 56.7 Å². The van der Waals surface area contributed by atoms with Crippen molar-refractivity contribution in [2.45, 2.75) is 64.6 Å². The van der Waals surface area contributed by atoms with Gasteiger partial charge in [0.15, 0.2) is 0 Å². The summed E-state index contributed by atoms with van der Waals surface area (Å²) < 4.78 is 26.1. The lowest BCUT2D eigenvalue weighted by molar-refractivity contribution is 0.0441. The number of hydrogen-bond acceptors (Lipinski definition) is 14. The molecule has 0 saturated heterocycles. The van der Waals surface area contributed by atoms with E-state index in [1.54, 1.807) is 13.8 Å². The fourth-order valence-corrected chi connectivity index (χ4v) is 6.94. The molecule has 74 heavy (non-hydrogen) atoms. The molecular formula is C57H62O17. The van der Waals surface area contributed by atoms with E-state index in [1.165, 1.54) is 58.7 Å². The van der Waals surface area contributed by atoms with Crippen LogP contribution in [0.15, 0.2) is 140 Å². The molecule has 0 spiro atoms. The maximum Gasteiger partial charge on any atom is 0.346 e. The molecule has 6 aromatic carbocycles. The molecule has 1 aliphatic rings. The fraction of sp³-hybridized carbons (Fsp3) is 0.281. The second-order valence-electron chi connectivity index (χ2n) is 17.7. The van der Waals surface area contributed by atoms with E-state index in [4.69, 9.17) is 44.5 Å². The summed E-state index contributed by atoms with van der Waals surface area (Å²) in [6, 6.07) is 40.5. The molecule has 7 N–H and O–H groups in total. The van der Waals surface area contributed by atoms with Gasteiger partial charge in [-0.3, -0.25) is 0 Å². The van der Waals surface area contributed by atoms with Gasteiger partial charge in [-0.05, 0) is 127 Å². The molecule has 0 aromatic heterocycles. The van der Waals surface area contributed by atoms with Crippen molar-refractivity contribution in [1.29, 1.82) is 0 Å². The van der Waals surface area contributed by atoms with Gasteiger partial charge in [0.1, 0.15) is 49.4 Å². The highest BCUT2D eigenvalue weighted by molar-refractivity contribution is 6.15. The van der Waals surface area contributed by atoms with Gasteiger partial charge in [-0.25, -0.2) is 24.0 Å². The van der Waals surface area contributed by atoms with Gasteiger partial charge in [-0.2, -0.15) is 0 Å². The summed E-state index contributed by atoms with van der Waals surface area (Å²) in [7, 11) is 0. The van der Waals surface area contributed by atoms with Crippen molar-refractivity contribution in [2.24, 2.45) is 0 Å². The molecule has 392 valence electrons. The minimum Gasteiger partial charge on any atom is -0.491 e. The van der Waals surface area contributed by atoms with Crippen LogP contribution in [0, 0.1) is 0 Å². The highest BCUT2D eigenvalue weighted by Crippen LogP contribution is 2.35. The number of aliphatic hydroxyl groups is 4. The van der Waals surface area contributed by atoms with Gasteiger partial charge in [0.2, 0.25) is 0 Å². The third-order valence-electron chi connectivity index (χ3n) is 11.3. The number of fused-ring (bicyclic) bond motifs is 1. The van der Waals surface area contributed by atoms with Crippen LogP contribution in [0.5, 0.6) is 23.0 Å². The number of hydrogen-bond donors (Lipinski definition) is 7. The predicted molar refractivity (Wildman–Crippen MR) is 273 cm³/mol. The number of aromatic carboxylic acids is 3. The lowest BCUT2D eigenvalue weighted by Crippen LogP contribution is -2.19. The van der Waals surface area contributed by atoms with Crippen molar-refractivity contribution in [1.82, 2.24) is 0 Å². The number of carboxylic acids is 3. The van der Waals surface area contributed by atoms with Gasteiger partial charge in [0.05, 0.1) is 53.2 Å². The summed E-state index contributed by atoms with van der Waals surface area (Å²) in [5.74, 6) is -1.80. The average Bonchev–Trinajstić information content (AvgIpc) is 3.68. The monoisotopic (exact) mass is 1020 g/mol. The Bertz CT molecular complexity index is 2620. The summed E-state index contributed by atoms with van der Waals surface area (Å²) >= 11 is 0. The van der Waals surface area contributed by atoms with Crippen molar-refractivity contribution < 1.29 is 83.4 Å². The average molecular weight is 1020 g/mol. The van der Waals surface area contributed by atoms with Gasteiger partial charge >= 0.3 is 29.8 Å². The predicted octanol–water partition coefficient (Wildman–Crippen LogP) is 8.06. The largest absolute Gasteiger partial charge is 0.491 e. The van der Waals surface area contributed by atoms with Gasteiger partial charge in [0.25, 0.3) is 0 Å². The second kappa shape index (κ2) is 27.7. The smallest absolute Gasteiger partial charge is 0.346 e. The zero-order valence-corrected chi connectivity index (χ0v) is 41.9. The minimum atomic E-state index is -1.15. The van der Waals surface area contributed by atoms with Crippen LogP contribution in [-0.4, -0.2) is 117 Å². The Morgan fingerprint density at radius 1 is 0.446 bits per heavy atom. The lowest BCUT2D eigenvalue weighted by Gasteiger charge is -2.26. The molecule has 17 heteroatoms. The van der Waals surface area contributed by atoms with Crippen molar-refractivity contribution in [3.05, 3.63) is 190 Å². The number of carbonyl (C=O) groups is 5. The van der Waals surface area contributed by atoms with Gasteiger partial charge in [-0.15, -0.1) is 0 Å². The van der Waals surface area contributed by atoms with Crippen LogP contribution in [0.3, 0.4) is 0 Å². The standard InChI is InChI=1S/C21H28O4.C19H24O4.C9H4O5.C8H6O4/c1-15(22)13-24-19-9-5-17(6-10-19)21(3,4)18-7-11-20(12-8-18)25-14-16(2)23;1-19(2,15-3-7-17(8-4-15)22-13-11-20)16-5-9-18(10-6-16)23-14-12-21;10-7(11)4-1-2-5-6(3-4)9(13)14-8(5)12;9-7(10)5-1-2-6(4-3-5)8(11)12/h5-12,15-16,22-23H,13-14H2,1-4H3;3-10,20-21H,11-14H2,1-2H3;1-3H,(H,10,11);1-4H,(H,9,10)(H,11,12). The van der Waals surface area contributed by atoms with Crippen molar-refractivity contribution in [2.75, 3.05) is 39.6 Å². The molecule has 7 rings (SSSR count). The summed E-state index contributed by atoms with van der Waals surface area (Å²) in [4.78, 5) is 53.2. The van der Waals surface area contributed by atoms with Crippen LogP contribution in [-0.2, 0) is 15.6 Å². The van der Waals surface area contributed by atoms with Crippen LogP contribution < -0.4 is 18.9 Å². The highest BCUT2D eigenvalue weighted by Gasteiger charge is 2.30. The first kappa shape index (κ1) is 58.5. The Morgan fingerprint density at radius 2 is 0.730 bits per heavy atom. The number of cyclic esters (lactones) is 2. The maximum absolute atomic E-state index is 11.0. The molecule has 0 saturated carbocycles. The van der Waals surface area contributed by atoms with E-state index in [0.29, 0.717) is 13.2 Å². The van der Waals surface area contributed by atoms with E-state index in [-0.39, 0.29) is 65.1 Å². The normalized spacial score (nSPS) is 12.4. The van der Waals surface area contributed by atoms with Crippen LogP contribution >= 0.6 is 0 Å². The molecule has 0 aliphatic carbocycles. The number of benzene rings is 6. The molecule has 17 nitrogen and oxygen atoms in total. The molecule has 1 heterocycles. The van der Waals surface area contributed by atoms with E-state index in [9.17, 15) is 34.2 Å². The lowest BCUT2D eigenvalue weighted by atomic mass is 9.78. The van der Waals surface area contributed by atoms with Crippen molar-refractivity contribution in [3.63, 3.8) is 0 Å². The van der Waals surface area contributed by atoms with Crippen LogP contribution in [0.1, 0.15) is 116 Å². The number of carbonyl (C=O) groups excluding carboxylic acids is 2. The van der Waals surface area contributed by atoms with Crippen LogP contribution in [0.2, 0.25) is 0 Å². The zero-order chi connectivity index (χ0) is 54.6. The Labute approximate surface area is 428 Å². The summed E-state index contributed by atoms with van der Waals surface area (Å²) in [5.41, 5.74) is 4.64. The quantitative estimate of drug-likeness (QED) is 0.0298. The first-order chi connectivity index (χ1) is 35.1. The number of aliphatic hydroxyl groups excluding tert-OH is 4. The molecule has 6 aromatic rings. The Hall–Kier alpha value is -8.09. The number of esters is 2. The fourth-order valence-electron chi connectivity index (χ4n) is 6.94. The van der Waals surface area contributed by atoms with E-state index in [1.807, 2.05) is 72.8 Å². The van der Waals surface area contributed by atoms with Gasteiger partial charge < -0.3 is 59.4 Å². The third-order valence-corrected chi connectivity index (χ3v) is 11.3. The molecule has 2 unspecified atom stereocenters. The Balaban J connectivity index is 0.000000222. The number of rotatable bonds is 19. The maximum atomic E-state index is 11.0. The first-order valence-electron chi connectivity index (χ1n) is 23.3. The molecule has 2 atom stereocenters. The Morgan fingerprint density at radius 3 is 1.01 bits per heavy atom. The molecule has 0 amide bonds. The summed E-state index contributed by atoms with van der Waals surface area (Å²) in [5, 5.41) is 61.7. The van der Waals surface area contributed by atoms with Gasteiger partial charge in [0, 0.05) is 10.8 Å². The molecule has 0 radical (unpaired) electrons. The molecule has 1 aliphatic heterocycles.